The summed E-state index contributed by atoms with van der Waals surface area (Å²) >= 11 is 0. The third-order valence-corrected chi connectivity index (χ3v) is 6.12. The molecule has 0 saturated carbocycles. The molecule has 1 aromatic rings. The van der Waals surface area contributed by atoms with E-state index in [1.54, 1.807) is 31.4 Å². The molecule has 3 aliphatic rings. The Labute approximate surface area is 165 Å². The van der Waals surface area contributed by atoms with Crippen LogP contribution in [-0.4, -0.2) is 73.9 Å². The van der Waals surface area contributed by atoms with E-state index < -0.39 is 5.79 Å². The highest BCUT2D eigenvalue weighted by atomic mass is 16.7. The van der Waals surface area contributed by atoms with Gasteiger partial charge in [0.1, 0.15) is 5.75 Å². The van der Waals surface area contributed by atoms with Crippen molar-refractivity contribution in [3.63, 3.8) is 0 Å². The van der Waals surface area contributed by atoms with E-state index >= 15 is 0 Å². The number of likely N-dealkylation sites (tertiary alicyclic amines) is 2. The summed E-state index contributed by atoms with van der Waals surface area (Å²) in [6.45, 7) is 3.90. The second kappa shape index (κ2) is 8.09. The number of methoxy groups -OCH3 is 1. The van der Waals surface area contributed by atoms with Crippen LogP contribution in [0.25, 0.3) is 0 Å². The summed E-state index contributed by atoms with van der Waals surface area (Å²) < 4.78 is 16.6. The van der Waals surface area contributed by atoms with Crippen LogP contribution >= 0.6 is 0 Å². The Bertz CT molecular complexity index is 696. The van der Waals surface area contributed by atoms with Gasteiger partial charge in [-0.25, -0.2) is 0 Å². The van der Waals surface area contributed by atoms with Gasteiger partial charge in [-0.05, 0) is 37.1 Å². The Kier molecular flexibility index (Phi) is 5.55. The highest BCUT2D eigenvalue weighted by Gasteiger charge is 2.42. The van der Waals surface area contributed by atoms with Crippen molar-refractivity contribution in [2.24, 2.45) is 5.92 Å². The van der Waals surface area contributed by atoms with Crippen LogP contribution in [0.2, 0.25) is 0 Å². The van der Waals surface area contributed by atoms with Gasteiger partial charge in [0, 0.05) is 50.5 Å². The van der Waals surface area contributed by atoms with Crippen molar-refractivity contribution in [1.82, 2.24) is 9.80 Å². The molecule has 0 aromatic heterocycles. The summed E-state index contributed by atoms with van der Waals surface area (Å²) in [6.07, 6.45) is 2.92. The SMILES string of the molecule is COc1ccc(C(=O)N2CCC(C(=O)N3CCC4(CC3)OCCO4)CC2)cc1. The minimum Gasteiger partial charge on any atom is -0.497 e. The number of rotatable bonds is 3. The summed E-state index contributed by atoms with van der Waals surface area (Å²) in [6, 6.07) is 7.17. The van der Waals surface area contributed by atoms with Crippen molar-refractivity contribution in [3.05, 3.63) is 29.8 Å². The van der Waals surface area contributed by atoms with E-state index in [0.29, 0.717) is 45.0 Å². The molecule has 0 unspecified atom stereocenters. The number of piperidine rings is 2. The molecule has 1 aromatic carbocycles. The maximum atomic E-state index is 12.9. The molecule has 3 saturated heterocycles. The Balaban J connectivity index is 1.27. The largest absolute Gasteiger partial charge is 0.497 e. The van der Waals surface area contributed by atoms with E-state index in [1.807, 2.05) is 9.80 Å². The zero-order chi connectivity index (χ0) is 19.6. The molecule has 0 aliphatic carbocycles. The number of hydrogen-bond acceptors (Lipinski definition) is 5. The highest BCUT2D eigenvalue weighted by molar-refractivity contribution is 5.94. The zero-order valence-electron chi connectivity index (χ0n) is 16.4. The molecule has 7 nitrogen and oxygen atoms in total. The molecule has 3 aliphatic heterocycles. The fourth-order valence-corrected chi connectivity index (χ4v) is 4.36. The van der Waals surface area contributed by atoms with Crippen LogP contribution in [0, 0.1) is 5.92 Å². The lowest BCUT2D eigenvalue weighted by Gasteiger charge is -2.40. The van der Waals surface area contributed by atoms with Crippen LogP contribution in [-0.2, 0) is 14.3 Å². The fraction of sp³-hybridized carbons (Fsp3) is 0.619. The molecular weight excluding hydrogens is 360 g/mol. The second-order valence-electron chi connectivity index (χ2n) is 7.73. The minimum atomic E-state index is -0.453. The van der Waals surface area contributed by atoms with Gasteiger partial charge in [-0.2, -0.15) is 0 Å². The van der Waals surface area contributed by atoms with Gasteiger partial charge in [0.2, 0.25) is 5.91 Å². The van der Waals surface area contributed by atoms with Crippen molar-refractivity contribution < 1.29 is 23.8 Å². The number of ether oxygens (including phenoxy) is 3. The van der Waals surface area contributed by atoms with E-state index in [-0.39, 0.29) is 17.7 Å². The molecule has 1 spiro atoms. The van der Waals surface area contributed by atoms with Gasteiger partial charge in [0.15, 0.2) is 5.79 Å². The lowest BCUT2D eigenvalue weighted by molar-refractivity contribution is -0.188. The molecule has 0 N–H and O–H groups in total. The first-order chi connectivity index (χ1) is 13.6. The van der Waals surface area contributed by atoms with Gasteiger partial charge in [-0.3, -0.25) is 9.59 Å². The average molecular weight is 388 g/mol. The van der Waals surface area contributed by atoms with Crippen molar-refractivity contribution in [2.45, 2.75) is 31.5 Å². The van der Waals surface area contributed by atoms with Gasteiger partial charge in [-0.15, -0.1) is 0 Å². The van der Waals surface area contributed by atoms with Crippen LogP contribution in [0.3, 0.4) is 0 Å². The van der Waals surface area contributed by atoms with Crippen molar-refractivity contribution >= 4 is 11.8 Å². The van der Waals surface area contributed by atoms with E-state index in [0.717, 1.165) is 31.4 Å². The average Bonchev–Trinajstić information content (AvgIpc) is 3.21. The molecule has 3 fully saturated rings. The molecule has 0 atom stereocenters. The van der Waals surface area contributed by atoms with Crippen molar-refractivity contribution in [2.75, 3.05) is 46.5 Å². The molecule has 7 heteroatoms. The quantitative estimate of drug-likeness (QED) is 0.791. The van der Waals surface area contributed by atoms with Crippen molar-refractivity contribution in [1.29, 1.82) is 0 Å². The van der Waals surface area contributed by atoms with E-state index in [1.165, 1.54) is 0 Å². The number of hydrogen-bond donors (Lipinski definition) is 0. The Hall–Kier alpha value is -2.12. The van der Waals surface area contributed by atoms with Gasteiger partial charge in [0.25, 0.3) is 5.91 Å². The first-order valence-electron chi connectivity index (χ1n) is 10.1. The molecular formula is C21H28N2O5. The monoisotopic (exact) mass is 388 g/mol. The van der Waals surface area contributed by atoms with Gasteiger partial charge < -0.3 is 24.0 Å². The van der Waals surface area contributed by atoms with Gasteiger partial charge >= 0.3 is 0 Å². The lowest BCUT2D eigenvalue weighted by atomic mass is 9.93. The van der Waals surface area contributed by atoms with Crippen LogP contribution in [0.15, 0.2) is 24.3 Å². The Morgan fingerprint density at radius 3 is 2.14 bits per heavy atom. The summed E-state index contributed by atoms with van der Waals surface area (Å²) in [7, 11) is 1.61. The number of benzene rings is 1. The van der Waals surface area contributed by atoms with E-state index in [2.05, 4.69) is 0 Å². The smallest absolute Gasteiger partial charge is 0.253 e. The number of amides is 2. The number of carbonyl (C=O) groups excluding carboxylic acids is 2. The summed E-state index contributed by atoms with van der Waals surface area (Å²) in [5.41, 5.74) is 0.656. The minimum absolute atomic E-state index is 0.000572. The summed E-state index contributed by atoms with van der Waals surface area (Å²) in [5.74, 6) is 0.510. The zero-order valence-corrected chi connectivity index (χ0v) is 16.4. The van der Waals surface area contributed by atoms with Gasteiger partial charge in [-0.1, -0.05) is 0 Å². The van der Waals surface area contributed by atoms with Gasteiger partial charge in [0.05, 0.1) is 20.3 Å². The molecule has 0 radical (unpaired) electrons. The van der Waals surface area contributed by atoms with E-state index in [9.17, 15) is 9.59 Å². The summed E-state index contributed by atoms with van der Waals surface area (Å²) in [4.78, 5) is 29.4. The Morgan fingerprint density at radius 2 is 1.57 bits per heavy atom. The van der Waals surface area contributed by atoms with Crippen LogP contribution in [0.1, 0.15) is 36.0 Å². The third kappa shape index (κ3) is 3.86. The highest BCUT2D eigenvalue weighted by Crippen LogP contribution is 2.32. The predicted molar refractivity (Wildman–Crippen MR) is 102 cm³/mol. The Morgan fingerprint density at radius 1 is 0.964 bits per heavy atom. The van der Waals surface area contributed by atoms with Crippen LogP contribution in [0.5, 0.6) is 5.75 Å². The fourth-order valence-electron chi connectivity index (χ4n) is 4.36. The maximum Gasteiger partial charge on any atom is 0.253 e. The lowest BCUT2D eigenvalue weighted by Crippen LogP contribution is -2.50. The molecule has 3 heterocycles. The maximum absolute atomic E-state index is 12.9. The van der Waals surface area contributed by atoms with Crippen LogP contribution < -0.4 is 4.74 Å². The van der Waals surface area contributed by atoms with Crippen LogP contribution in [0.4, 0.5) is 0 Å². The second-order valence-corrected chi connectivity index (χ2v) is 7.73. The standard InChI is InChI=1S/C21H28N2O5/c1-26-18-4-2-16(3-5-18)19(24)22-10-6-17(7-11-22)20(25)23-12-8-21(9-13-23)27-14-15-28-21/h2-5,17H,6-15H2,1H3. The number of carbonyl (C=O) groups is 2. The molecule has 152 valence electrons. The summed E-state index contributed by atoms with van der Waals surface area (Å²) in [5, 5.41) is 0. The van der Waals surface area contributed by atoms with E-state index in [4.69, 9.17) is 14.2 Å². The molecule has 4 rings (SSSR count). The molecule has 0 bridgehead atoms. The normalized spacial score (nSPS) is 22.5. The molecule has 28 heavy (non-hydrogen) atoms. The first kappa shape index (κ1) is 19.2. The molecule has 2 amide bonds. The van der Waals surface area contributed by atoms with Crippen molar-refractivity contribution in [3.8, 4) is 5.75 Å². The number of nitrogens with zero attached hydrogens (tertiary/aromatic N) is 2. The third-order valence-electron chi connectivity index (χ3n) is 6.12. The topological polar surface area (TPSA) is 68.3 Å². The predicted octanol–water partition coefficient (Wildman–Crippen LogP) is 1.91. The first-order valence-corrected chi connectivity index (χ1v) is 10.1.